The summed E-state index contributed by atoms with van der Waals surface area (Å²) in [5.74, 6) is 0.767. The van der Waals surface area contributed by atoms with Gasteiger partial charge in [-0.15, -0.1) is 10.2 Å². The van der Waals surface area contributed by atoms with Gasteiger partial charge < -0.3 is 9.80 Å². The molecule has 9 heteroatoms. The summed E-state index contributed by atoms with van der Waals surface area (Å²) in [4.78, 5) is 8.84. The number of aromatic nitrogens is 3. The van der Waals surface area contributed by atoms with Crippen molar-refractivity contribution in [1.29, 1.82) is 0 Å². The van der Waals surface area contributed by atoms with Crippen LogP contribution in [0, 0.1) is 13.8 Å². The van der Waals surface area contributed by atoms with Gasteiger partial charge in [0.1, 0.15) is 5.69 Å². The highest BCUT2D eigenvalue weighted by Crippen LogP contribution is 2.32. The maximum atomic E-state index is 13.3. The molecule has 0 spiro atoms. The number of piperidine rings is 1. The highest BCUT2D eigenvalue weighted by Gasteiger charge is 2.32. The highest BCUT2D eigenvalue weighted by atomic mass is 32.2. The van der Waals surface area contributed by atoms with Crippen LogP contribution in [0.2, 0.25) is 0 Å². The predicted octanol–water partition coefficient (Wildman–Crippen LogP) is 4.02. The second kappa shape index (κ2) is 10.4. The van der Waals surface area contributed by atoms with E-state index in [1.54, 1.807) is 22.6 Å². The van der Waals surface area contributed by atoms with Gasteiger partial charge in [-0.05, 0) is 50.5 Å². The molecule has 1 aliphatic rings. The Labute approximate surface area is 214 Å². The number of hydrogen-bond donors (Lipinski definition) is 0. The summed E-state index contributed by atoms with van der Waals surface area (Å²) in [6, 6.07) is 7.60. The molecule has 0 radical (unpaired) electrons. The molecule has 0 N–H and O–H groups in total. The Kier molecular flexibility index (Phi) is 7.42. The molecule has 36 heavy (non-hydrogen) atoms. The standard InChI is InChI=1S/C27H34N6O2S/c1-7-8-24(31(4)5)26-23-18-28-14-11-22(23)27(30-29-26)32(6)21-12-15-33(16-13-21)36(34,35)25-10-9-19(2)17-20(25)3/h7-11,14,17-18,21H,1,12-13,15-16H2,2-6H3/b24-8-. The SMILES string of the molecule is C=C/C=C(/c1nnc(N(C)C2CCN(S(=O)(=O)c3ccc(C)cc3C)CC2)c2ccncc12)N(C)C. The van der Waals surface area contributed by atoms with Crippen LogP contribution in [0.5, 0.6) is 0 Å². The number of aryl methyl sites for hydroxylation is 2. The lowest BCUT2D eigenvalue weighted by molar-refractivity contribution is 0.314. The van der Waals surface area contributed by atoms with Gasteiger partial charge in [-0.2, -0.15) is 4.31 Å². The van der Waals surface area contributed by atoms with E-state index in [1.807, 2.05) is 70.4 Å². The summed E-state index contributed by atoms with van der Waals surface area (Å²) in [5.41, 5.74) is 3.48. The van der Waals surface area contributed by atoms with Crippen LogP contribution in [0.15, 0.2) is 60.3 Å². The van der Waals surface area contributed by atoms with Gasteiger partial charge in [0, 0.05) is 63.4 Å². The second-order valence-electron chi connectivity index (χ2n) is 9.49. The zero-order valence-electron chi connectivity index (χ0n) is 21.6. The maximum Gasteiger partial charge on any atom is 0.243 e. The number of sulfonamides is 1. The van der Waals surface area contributed by atoms with E-state index in [2.05, 4.69) is 26.7 Å². The first kappa shape index (κ1) is 25.8. The lowest BCUT2D eigenvalue weighted by Crippen LogP contribution is -2.46. The van der Waals surface area contributed by atoms with E-state index >= 15 is 0 Å². The summed E-state index contributed by atoms with van der Waals surface area (Å²) < 4.78 is 28.2. The third kappa shape index (κ3) is 4.85. The monoisotopic (exact) mass is 506 g/mol. The number of allylic oxidation sites excluding steroid dienone is 2. The largest absolute Gasteiger partial charge is 0.376 e. The Balaban J connectivity index is 1.58. The first-order valence-electron chi connectivity index (χ1n) is 12.1. The minimum atomic E-state index is -3.53. The van der Waals surface area contributed by atoms with Crippen molar-refractivity contribution in [1.82, 2.24) is 24.4 Å². The van der Waals surface area contributed by atoms with Gasteiger partial charge in [-0.1, -0.05) is 30.4 Å². The van der Waals surface area contributed by atoms with E-state index in [0.29, 0.717) is 30.8 Å². The molecule has 1 aliphatic heterocycles. The van der Waals surface area contributed by atoms with Gasteiger partial charge in [-0.25, -0.2) is 8.42 Å². The van der Waals surface area contributed by atoms with E-state index < -0.39 is 10.0 Å². The van der Waals surface area contributed by atoms with Crippen LogP contribution in [0.3, 0.4) is 0 Å². The number of hydrogen-bond acceptors (Lipinski definition) is 7. The topological polar surface area (TPSA) is 82.5 Å². The van der Waals surface area contributed by atoms with E-state index in [9.17, 15) is 8.42 Å². The Hall–Kier alpha value is -3.30. The van der Waals surface area contributed by atoms with Crippen molar-refractivity contribution in [3.63, 3.8) is 0 Å². The smallest absolute Gasteiger partial charge is 0.243 e. The minimum absolute atomic E-state index is 0.143. The molecule has 1 saturated heterocycles. The molecule has 3 aromatic rings. The predicted molar refractivity (Wildman–Crippen MR) is 145 cm³/mol. The number of fused-ring (bicyclic) bond motifs is 1. The zero-order valence-corrected chi connectivity index (χ0v) is 22.5. The molecule has 0 atom stereocenters. The molecule has 0 aliphatic carbocycles. The number of rotatable bonds is 7. The molecule has 2 aromatic heterocycles. The summed E-state index contributed by atoms with van der Waals surface area (Å²) >= 11 is 0. The van der Waals surface area contributed by atoms with E-state index in [0.717, 1.165) is 39.1 Å². The lowest BCUT2D eigenvalue weighted by atomic mass is 10.0. The summed E-state index contributed by atoms with van der Waals surface area (Å²) in [6.07, 6.45) is 8.63. The van der Waals surface area contributed by atoms with Crippen LogP contribution in [-0.4, -0.2) is 73.1 Å². The van der Waals surface area contributed by atoms with Crippen molar-refractivity contribution in [3.8, 4) is 0 Å². The zero-order chi connectivity index (χ0) is 26.0. The third-order valence-corrected chi connectivity index (χ3v) is 8.87. The molecule has 4 rings (SSSR count). The molecule has 0 saturated carbocycles. The average Bonchev–Trinajstić information content (AvgIpc) is 2.86. The quantitative estimate of drug-likeness (QED) is 0.448. The summed E-state index contributed by atoms with van der Waals surface area (Å²) in [7, 11) is 2.40. The highest BCUT2D eigenvalue weighted by molar-refractivity contribution is 7.89. The fourth-order valence-corrected chi connectivity index (χ4v) is 6.53. The molecular weight excluding hydrogens is 472 g/mol. The first-order valence-corrected chi connectivity index (χ1v) is 13.5. The summed E-state index contributed by atoms with van der Waals surface area (Å²) in [6.45, 7) is 8.57. The first-order chi connectivity index (χ1) is 17.1. The molecule has 190 valence electrons. The van der Waals surface area contributed by atoms with Gasteiger partial charge in [0.05, 0.1) is 10.6 Å². The Bertz CT molecular complexity index is 1410. The van der Waals surface area contributed by atoms with Crippen molar-refractivity contribution in [2.24, 2.45) is 0 Å². The Morgan fingerprint density at radius 3 is 2.44 bits per heavy atom. The fraction of sp³-hybridized carbons (Fsp3) is 0.370. The van der Waals surface area contributed by atoms with Crippen LogP contribution >= 0.6 is 0 Å². The molecule has 0 bridgehead atoms. The van der Waals surface area contributed by atoms with Gasteiger partial charge >= 0.3 is 0 Å². The number of pyridine rings is 1. The van der Waals surface area contributed by atoms with Gasteiger partial charge in [0.2, 0.25) is 10.0 Å². The second-order valence-corrected chi connectivity index (χ2v) is 11.4. The van der Waals surface area contributed by atoms with Gasteiger partial charge in [-0.3, -0.25) is 4.98 Å². The van der Waals surface area contributed by atoms with Crippen LogP contribution in [-0.2, 0) is 10.0 Å². The summed E-state index contributed by atoms with van der Waals surface area (Å²) in [5, 5.41) is 11.1. The molecular formula is C27H34N6O2S. The lowest BCUT2D eigenvalue weighted by Gasteiger charge is -2.37. The molecule has 1 aromatic carbocycles. The van der Waals surface area contributed by atoms with Crippen molar-refractivity contribution in [3.05, 3.63) is 72.2 Å². The number of anilines is 1. The van der Waals surface area contributed by atoms with Crippen LogP contribution in [0.4, 0.5) is 5.82 Å². The minimum Gasteiger partial charge on any atom is -0.376 e. The van der Waals surface area contributed by atoms with Crippen molar-refractivity contribution < 1.29 is 8.42 Å². The Morgan fingerprint density at radius 1 is 1.08 bits per heavy atom. The van der Waals surface area contributed by atoms with E-state index in [4.69, 9.17) is 0 Å². The molecule has 0 amide bonds. The van der Waals surface area contributed by atoms with Crippen LogP contribution in [0.1, 0.15) is 29.7 Å². The van der Waals surface area contributed by atoms with Gasteiger partial charge in [0.25, 0.3) is 0 Å². The normalized spacial score (nSPS) is 15.8. The molecule has 8 nitrogen and oxygen atoms in total. The maximum absolute atomic E-state index is 13.3. The average molecular weight is 507 g/mol. The van der Waals surface area contributed by atoms with E-state index in [1.165, 1.54) is 0 Å². The Morgan fingerprint density at radius 2 is 1.81 bits per heavy atom. The van der Waals surface area contributed by atoms with Crippen molar-refractivity contribution in [2.75, 3.05) is 39.1 Å². The fourth-order valence-electron chi connectivity index (χ4n) is 4.86. The van der Waals surface area contributed by atoms with Crippen molar-refractivity contribution in [2.45, 2.75) is 37.6 Å². The third-order valence-electron chi connectivity index (χ3n) is 6.82. The molecule has 1 fully saturated rings. The molecule has 0 unspecified atom stereocenters. The van der Waals surface area contributed by atoms with Crippen LogP contribution < -0.4 is 4.90 Å². The number of nitrogens with zero attached hydrogens (tertiary/aromatic N) is 6. The number of benzene rings is 1. The van der Waals surface area contributed by atoms with Gasteiger partial charge in [0.15, 0.2) is 5.82 Å². The molecule has 3 heterocycles. The van der Waals surface area contributed by atoms with Crippen molar-refractivity contribution >= 4 is 32.3 Å². The van der Waals surface area contributed by atoms with E-state index in [-0.39, 0.29) is 6.04 Å². The van der Waals surface area contributed by atoms with Crippen LogP contribution in [0.25, 0.3) is 16.5 Å².